The van der Waals surface area contributed by atoms with Crippen LogP contribution in [0.25, 0.3) is 10.9 Å². The van der Waals surface area contributed by atoms with E-state index < -0.39 is 0 Å². The van der Waals surface area contributed by atoms with E-state index in [0.29, 0.717) is 11.7 Å². The number of benzene rings is 1. The lowest BCUT2D eigenvalue weighted by Gasteiger charge is -2.35. The number of aromatic nitrogens is 1. The van der Waals surface area contributed by atoms with E-state index in [0.717, 1.165) is 62.3 Å². The molecule has 2 aliphatic rings. The number of rotatable bonds is 9. The van der Waals surface area contributed by atoms with Gasteiger partial charge in [-0.1, -0.05) is 13.8 Å². The van der Waals surface area contributed by atoms with Crippen molar-refractivity contribution in [1.29, 1.82) is 0 Å². The molecule has 1 saturated heterocycles. The molecule has 7 nitrogen and oxygen atoms in total. The number of likely N-dealkylation sites (N-methyl/N-ethyl adjacent to an activating group) is 1. The lowest BCUT2D eigenvalue weighted by Crippen LogP contribution is -2.51. The van der Waals surface area contributed by atoms with E-state index >= 15 is 0 Å². The van der Waals surface area contributed by atoms with Gasteiger partial charge in [-0.2, -0.15) is 0 Å². The van der Waals surface area contributed by atoms with Gasteiger partial charge in [-0.05, 0) is 56.5 Å². The van der Waals surface area contributed by atoms with Gasteiger partial charge < -0.3 is 19.1 Å². The van der Waals surface area contributed by atoms with E-state index in [1.54, 1.807) is 6.07 Å². The SMILES string of the molecule is CC(C)c1cc(=O)n(CC2CC2)c2cc(OCC(=O)N3CCN(CCN(C)C)CC3)ccc12. The van der Waals surface area contributed by atoms with Crippen molar-refractivity contribution in [2.24, 2.45) is 5.92 Å². The number of fused-ring (bicyclic) bond motifs is 1. The second-order valence-corrected chi connectivity index (χ2v) is 10.1. The number of piperazine rings is 1. The van der Waals surface area contributed by atoms with Gasteiger partial charge in [0.2, 0.25) is 0 Å². The topological polar surface area (TPSA) is 58.0 Å². The van der Waals surface area contributed by atoms with Crippen LogP contribution in [0.1, 0.15) is 38.2 Å². The van der Waals surface area contributed by atoms with Gasteiger partial charge in [0.25, 0.3) is 11.5 Å². The van der Waals surface area contributed by atoms with Crippen LogP contribution >= 0.6 is 0 Å². The molecular weight excluding hydrogens is 416 g/mol. The lowest BCUT2D eigenvalue weighted by atomic mass is 9.98. The van der Waals surface area contributed by atoms with Gasteiger partial charge in [0.05, 0.1) is 5.52 Å². The standard InChI is InChI=1S/C26H38N4O3/c1-19(2)23-16-25(31)30(17-20-5-6-20)24-15-21(7-8-22(23)24)33-18-26(32)29-13-11-28(12-14-29)10-9-27(3)4/h7-8,15-16,19-20H,5-6,9-14,17-18H2,1-4H3. The summed E-state index contributed by atoms with van der Waals surface area (Å²) in [6.07, 6.45) is 2.37. The third kappa shape index (κ3) is 5.95. The molecule has 4 rings (SSSR count). The van der Waals surface area contributed by atoms with E-state index in [4.69, 9.17) is 4.74 Å². The Morgan fingerprint density at radius 3 is 2.48 bits per heavy atom. The maximum Gasteiger partial charge on any atom is 0.260 e. The van der Waals surface area contributed by atoms with Crippen LogP contribution in [-0.4, -0.2) is 85.1 Å². The number of amides is 1. The normalized spacial score (nSPS) is 17.3. The van der Waals surface area contributed by atoms with Crippen molar-refractivity contribution < 1.29 is 9.53 Å². The quantitative estimate of drug-likeness (QED) is 0.583. The Balaban J connectivity index is 1.42. The summed E-state index contributed by atoms with van der Waals surface area (Å²) in [6.45, 7) is 10.4. The zero-order chi connectivity index (χ0) is 23.5. The molecule has 0 spiro atoms. The Kier molecular flexibility index (Phi) is 7.39. The van der Waals surface area contributed by atoms with Crippen molar-refractivity contribution in [2.45, 2.75) is 39.2 Å². The van der Waals surface area contributed by atoms with E-state index in [-0.39, 0.29) is 24.0 Å². The smallest absolute Gasteiger partial charge is 0.260 e. The number of pyridine rings is 1. The van der Waals surface area contributed by atoms with Crippen LogP contribution < -0.4 is 10.3 Å². The molecule has 1 aromatic carbocycles. The molecular formula is C26H38N4O3. The summed E-state index contributed by atoms with van der Waals surface area (Å²) in [5, 5.41) is 1.10. The van der Waals surface area contributed by atoms with Crippen molar-refractivity contribution in [3.05, 3.63) is 40.2 Å². The molecule has 1 aliphatic carbocycles. The molecule has 2 heterocycles. The predicted octanol–water partition coefficient (Wildman–Crippen LogP) is 2.62. The summed E-state index contributed by atoms with van der Waals surface area (Å²) >= 11 is 0. The van der Waals surface area contributed by atoms with Crippen LogP contribution in [0, 0.1) is 5.92 Å². The minimum absolute atomic E-state index is 0.0219. The van der Waals surface area contributed by atoms with Crippen LogP contribution in [0.4, 0.5) is 0 Å². The fourth-order valence-electron chi connectivity index (χ4n) is 4.50. The molecule has 1 saturated carbocycles. The lowest BCUT2D eigenvalue weighted by molar-refractivity contribution is -0.135. The van der Waals surface area contributed by atoms with Gasteiger partial charge in [-0.3, -0.25) is 14.5 Å². The average Bonchev–Trinajstić information content (AvgIpc) is 3.62. The highest BCUT2D eigenvalue weighted by Gasteiger charge is 2.24. The Morgan fingerprint density at radius 1 is 1.12 bits per heavy atom. The minimum atomic E-state index is 0.0219. The average molecular weight is 455 g/mol. The van der Waals surface area contributed by atoms with Crippen molar-refractivity contribution in [2.75, 3.05) is 60.0 Å². The van der Waals surface area contributed by atoms with Crippen molar-refractivity contribution in [3.8, 4) is 5.75 Å². The molecule has 0 radical (unpaired) electrons. The fourth-order valence-corrected chi connectivity index (χ4v) is 4.50. The predicted molar refractivity (Wildman–Crippen MR) is 132 cm³/mol. The molecule has 7 heteroatoms. The summed E-state index contributed by atoms with van der Waals surface area (Å²) in [6, 6.07) is 7.69. The molecule has 180 valence electrons. The van der Waals surface area contributed by atoms with Gasteiger partial charge in [0.1, 0.15) is 5.75 Å². The number of nitrogens with zero attached hydrogens (tertiary/aromatic N) is 4. The maximum atomic E-state index is 12.9. The van der Waals surface area contributed by atoms with E-state index in [1.165, 1.54) is 12.8 Å². The van der Waals surface area contributed by atoms with Gasteiger partial charge >= 0.3 is 0 Å². The molecule has 2 aromatic rings. The highest BCUT2D eigenvalue weighted by molar-refractivity contribution is 5.85. The molecule has 1 amide bonds. The summed E-state index contributed by atoms with van der Waals surface area (Å²) in [5.74, 6) is 1.53. The van der Waals surface area contributed by atoms with Crippen molar-refractivity contribution in [3.63, 3.8) is 0 Å². The number of ether oxygens (including phenoxy) is 1. The van der Waals surface area contributed by atoms with Gasteiger partial charge in [0, 0.05) is 63.3 Å². The Bertz CT molecular complexity index is 1030. The first-order chi connectivity index (χ1) is 15.8. The molecule has 0 N–H and O–H groups in total. The first-order valence-electron chi connectivity index (χ1n) is 12.3. The summed E-state index contributed by atoms with van der Waals surface area (Å²) in [4.78, 5) is 32.1. The zero-order valence-corrected chi connectivity index (χ0v) is 20.5. The second-order valence-electron chi connectivity index (χ2n) is 10.1. The van der Waals surface area contributed by atoms with Gasteiger partial charge in [-0.25, -0.2) is 0 Å². The fraction of sp³-hybridized carbons (Fsp3) is 0.615. The maximum absolute atomic E-state index is 12.9. The Morgan fingerprint density at radius 2 is 1.85 bits per heavy atom. The number of carbonyl (C=O) groups excluding carboxylic acids is 1. The number of carbonyl (C=O) groups is 1. The first-order valence-corrected chi connectivity index (χ1v) is 12.3. The highest BCUT2D eigenvalue weighted by Crippen LogP contribution is 2.33. The molecule has 0 atom stereocenters. The van der Waals surface area contributed by atoms with E-state index in [1.807, 2.05) is 27.7 Å². The second kappa shape index (κ2) is 10.3. The van der Waals surface area contributed by atoms with Crippen molar-refractivity contribution >= 4 is 16.8 Å². The van der Waals surface area contributed by atoms with Crippen molar-refractivity contribution in [1.82, 2.24) is 19.3 Å². The van der Waals surface area contributed by atoms with Crippen LogP contribution in [0.5, 0.6) is 5.75 Å². The molecule has 33 heavy (non-hydrogen) atoms. The molecule has 0 unspecified atom stereocenters. The summed E-state index contributed by atoms with van der Waals surface area (Å²) in [7, 11) is 4.16. The minimum Gasteiger partial charge on any atom is -0.484 e. The van der Waals surface area contributed by atoms with Crippen LogP contribution in [0.15, 0.2) is 29.1 Å². The summed E-state index contributed by atoms with van der Waals surface area (Å²) in [5.41, 5.74) is 2.04. The van der Waals surface area contributed by atoms with Crippen LogP contribution in [0.3, 0.4) is 0 Å². The highest BCUT2D eigenvalue weighted by atomic mass is 16.5. The van der Waals surface area contributed by atoms with Crippen LogP contribution in [-0.2, 0) is 11.3 Å². The molecule has 1 aromatic heterocycles. The van der Waals surface area contributed by atoms with E-state index in [9.17, 15) is 9.59 Å². The van der Waals surface area contributed by atoms with E-state index in [2.05, 4.69) is 37.7 Å². The Labute approximate surface area is 196 Å². The zero-order valence-electron chi connectivity index (χ0n) is 20.5. The molecule has 1 aliphatic heterocycles. The molecule has 0 bridgehead atoms. The third-order valence-corrected chi connectivity index (χ3v) is 6.83. The van der Waals surface area contributed by atoms with Gasteiger partial charge in [-0.15, -0.1) is 0 Å². The van der Waals surface area contributed by atoms with Crippen LogP contribution in [0.2, 0.25) is 0 Å². The number of hydrogen-bond donors (Lipinski definition) is 0. The third-order valence-electron chi connectivity index (χ3n) is 6.83. The monoisotopic (exact) mass is 454 g/mol. The first kappa shape index (κ1) is 23.8. The van der Waals surface area contributed by atoms with Gasteiger partial charge in [0.15, 0.2) is 6.61 Å². The Hall–Kier alpha value is -2.38. The largest absolute Gasteiger partial charge is 0.484 e. The number of hydrogen-bond acceptors (Lipinski definition) is 5. The molecule has 2 fully saturated rings. The summed E-state index contributed by atoms with van der Waals surface area (Å²) < 4.78 is 7.81.